The number of aromatic hydroxyl groups is 1. The molecule has 0 saturated heterocycles. The van der Waals surface area contributed by atoms with Gasteiger partial charge in [0.25, 0.3) is 5.91 Å². The molecule has 39 heavy (non-hydrogen) atoms. The first-order valence-corrected chi connectivity index (χ1v) is 12.4. The summed E-state index contributed by atoms with van der Waals surface area (Å²) in [4.78, 5) is 52.5. The second-order valence-corrected chi connectivity index (χ2v) is 10.2. The molecule has 4 amide bonds. The van der Waals surface area contributed by atoms with Gasteiger partial charge in [0.1, 0.15) is 30.0 Å². The Morgan fingerprint density at radius 2 is 1.79 bits per heavy atom. The van der Waals surface area contributed by atoms with E-state index in [1.54, 1.807) is 45.9 Å². The first-order valence-electron chi connectivity index (χ1n) is 12.0. The molecule has 0 aliphatic heterocycles. The van der Waals surface area contributed by atoms with Crippen LogP contribution in [0.25, 0.3) is 0 Å². The third-order valence-electron chi connectivity index (χ3n) is 5.43. The maximum Gasteiger partial charge on any atom is 0.408 e. The molecular formula is C27H32ClN5O6. The van der Waals surface area contributed by atoms with Crippen molar-refractivity contribution >= 4 is 41.1 Å². The van der Waals surface area contributed by atoms with E-state index in [2.05, 4.69) is 10.6 Å². The molecule has 2 aromatic carbocycles. The van der Waals surface area contributed by atoms with E-state index in [-0.39, 0.29) is 29.2 Å². The Morgan fingerprint density at radius 3 is 2.33 bits per heavy atom. The van der Waals surface area contributed by atoms with Crippen molar-refractivity contribution in [2.75, 3.05) is 11.9 Å². The SMILES string of the molecule is Cc1cccc(Cl)c1NC(=O)C(c1ccc(O)cc1)N(CC#N)C(=O)C(CCC(N)=O)NC(=O)OC(C)(C)C. The quantitative estimate of drug-likeness (QED) is 0.323. The summed E-state index contributed by atoms with van der Waals surface area (Å²) in [6, 6.07) is 9.68. The number of halogens is 1. The zero-order valence-electron chi connectivity index (χ0n) is 22.2. The highest BCUT2D eigenvalue weighted by Gasteiger charge is 2.36. The van der Waals surface area contributed by atoms with Gasteiger partial charge < -0.3 is 31.1 Å². The monoisotopic (exact) mass is 557 g/mol. The molecule has 0 saturated carbocycles. The molecule has 0 aliphatic carbocycles. The Bertz CT molecular complexity index is 1230. The van der Waals surface area contributed by atoms with Crippen molar-refractivity contribution in [3.05, 3.63) is 58.6 Å². The van der Waals surface area contributed by atoms with Gasteiger partial charge in [-0.1, -0.05) is 35.9 Å². The molecule has 0 aliphatic rings. The maximum atomic E-state index is 13.8. The van der Waals surface area contributed by atoms with E-state index < -0.39 is 48.0 Å². The van der Waals surface area contributed by atoms with Gasteiger partial charge in [0.2, 0.25) is 11.8 Å². The third-order valence-corrected chi connectivity index (χ3v) is 5.75. The van der Waals surface area contributed by atoms with Gasteiger partial charge in [0, 0.05) is 6.42 Å². The number of aryl methyl sites for hydroxylation is 1. The minimum atomic E-state index is -1.38. The number of carbonyl (C=O) groups is 4. The fourth-order valence-electron chi connectivity index (χ4n) is 3.68. The molecule has 0 radical (unpaired) electrons. The van der Waals surface area contributed by atoms with Crippen LogP contribution in [0.2, 0.25) is 5.02 Å². The molecular weight excluding hydrogens is 526 g/mol. The molecule has 0 bridgehead atoms. The number of hydrogen-bond acceptors (Lipinski definition) is 7. The second kappa shape index (κ2) is 13.5. The number of nitriles is 1. The first kappa shape index (κ1) is 30.9. The lowest BCUT2D eigenvalue weighted by molar-refractivity contribution is -0.140. The molecule has 208 valence electrons. The van der Waals surface area contributed by atoms with Crippen molar-refractivity contribution < 1.29 is 29.0 Å². The average Bonchev–Trinajstić information content (AvgIpc) is 2.83. The molecule has 5 N–H and O–H groups in total. The van der Waals surface area contributed by atoms with E-state index in [0.717, 1.165) is 4.90 Å². The van der Waals surface area contributed by atoms with Gasteiger partial charge in [-0.25, -0.2) is 4.79 Å². The number of para-hydroxylation sites is 1. The minimum absolute atomic E-state index is 0.0797. The Morgan fingerprint density at radius 1 is 1.15 bits per heavy atom. The summed E-state index contributed by atoms with van der Waals surface area (Å²) < 4.78 is 5.25. The molecule has 2 rings (SSSR count). The van der Waals surface area contributed by atoms with Crippen LogP contribution < -0.4 is 16.4 Å². The number of phenolic OH excluding ortho intramolecular Hbond substituents is 1. The summed E-state index contributed by atoms with van der Waals surface area (Å²) in [6.07, 6.45) is -1.40. The van der Waals surface area contributed by atoms with Crippen LogP contribution in [0.15, 0.2) is 42.5 Å². The number of hydrogen-bond donors (Lipinski definition) is 4. The molecule has 11 nitrogen and oxygen atoms in total. The number of nitrogens with two attached hydrogens (primary N) is 1. The molecule has 12 heteroatoms. The highest BCUT2D eigenvalue weighted by molar-refractivity contribution is 6.34. The lowest BCUT2D eigenvalue weighted by atomic mass is 10.0. The fraction of sp³-hybridized carbons (Fsp3) is 0.370. The Labute approximate surface area is 231 Å². The highest BCUT2D eigenvalue weighted by atomic mass is 35.5. The van der Waals surface area contributed by atoms with E-state index in [4.69, 9.17) is 22.1 Å². The van der Waals surface area contributed by atoms with E-state index >= 15 is 0 Å². The van der Waals surface area contributed by atoms with E-state index in [1.807, 2.05) is 6.07 Å². The van der Waals surface area contributed by atoms with Gasteiger partial charge in [0.05, 0.1) is 16.8 Å². The predicted molar refractivity (Wildman–Crippen MR) is 145 cm³/mol. The third kappa shape index (κ3) is 9.19. The van der Waals surface area contributed by atoms with Gasteiger partial charge in [-0.2, -0.15) is 5.26 Å². The van der Waals surface area contributed by atoms with Crippen molar-refractivity contribution in [2.24, 2.45) is 5.73 Å². The van der Waals surface area contributed by atoms with Crippen molar-refractivity contribution in [2.45, 2.75) is 58.2 Å². The number of nitrogens with zero attached hydrogens (tertiary/aromatic N) is 2. The van der Waals surface area contributed by atoms with Crippen molar-refractivity contribution in [3.63, 3.8) is 0 Å². The number of anilines is 1. The Balaban J connectivity index is 2.54. The molecule has 0 heterocycles. The summed E-state index contributed by atoms with van der Waals surface area (Å²) in [5.74, 6) is -2.32. The molecule has 0 aromatic heterocycles. The van der Waals surface area contributed by atoms with Crippen molar-refractivity contribution in [3.8, 4) is 11.8 Å². The molecule has 2 atom stereocenters. The van der Waals surface area contributed by atoms with Gasteiger partial charge in [-0.05, 0) is 63.4 Å². The zero-order chi connectivity index (χ0) is 29.3. The standard InChI is InChI=1S/C27H32ClN5O6/c1-16-6-5-7-19(28)22(16)32-24(36)23(17-8-10-18(34)11-9-17)33(15-14-29)25(37)20(12-13-21(30)35)31-26(38)39-27(2,3)4/h5-11,20,23,34H,12-13,15H2,1-4H3,(H2,30,35)(H,31,38)(H,32,36). The van der Waals surface area contributed by atoms with Crippen LogP contribution in [0.5, 0.6) is 5.75 Å². The van der Waals surface area contributed by atoms with Gasteiger partial charge in [-0.3, -0.25) is 14.4 Å². The van der Waals surface area contributed by atoms with Crippen LogP contribution >= 0.6 is 11.6 Å². The van der Waals surface area contributed by atoms with E-state index in [1.165, 1.54) is 24.3 Å². The van der Waals surface area contributed by atoms with Crippen LogP contribution in [0, 0.1) is 18.3 Å². The zero-order valence-corrected chi connectivity index (χ0v) is 22.9. The van der Waals surface area contributed by atoms with Gasteiger partial charge in [0.15, 0.2) is 0 Å². The largest absolute Gasteiger partial charge is 0.508 e. The summed E-state index contributed by atoms with van der Waals surface area (Å²) in [5.41, 5.74) is 5.63. The van der Waals surface area contributed by atoms with Crippen molar-refractivity contribution in [1.29, 1.82) is 5.26 Å². The molecule has 0 spiro atoms. The molecule has 2 unspecified atom stereocenters. The Kier molecular flexibility index (Phi) is 10.7. The highest BCUT2D eigenvalue weighted by Crippen LogP contribution is 2.30. The number of alkyl carbamates (subject to hydrolysis) is 1. The van der Waals surface area contributed by atoms with Gasteiger partial charge >= 0.3 is 6.09 Å². The minimum Gasteiger partial charge on any atom is -0.508 e. The number of primary amides is 1. The van der Waals surface area contributed by atoms with Crippen molar-refractivity contribution in [1.82, 2.24) is 10.2 Å². The number of rotatable bonds is 10. The number of phenols is 1. The summed E-state index contributed by atoms with van der Waals surface area (Å²) in [7, 11) is 0. The smallest absolute Gasteiger partial charge is 0.408 e. The fourth-order valence-corrected chi connectivity index (χ4v) is 3.95. The van der Waals surface area contributed by atoms with Crippen LogP contribution in [0.1, 0.15) is 50.8 Å². The van der Waals surface area contributed by atoms with E-state index in [9.17, 15) is 29.5 Å². The van der Waals surface area contributed by atoms with Crippen LogP contribution in [0.3, 0.4) is 0 Å². The normalized spacial score (nSPS) is 12.4. The van der Waals surface area contributed by atoms with Crippen LogP contribution in [-0.2, 0) is 19.1 Å². The topological polar surface area (TPSA) is 175 Å². The Hall–Kier alpha value is -4.30. The lowest BCUT2D eigenvalue weighted by Crippen LogP contribution is -2.52. The van der Waals surface area contributed by atoms with E-state index in [0.29, 0.717) is 11.3 Å². The second-order valence-electron chi connectivity index (χ2n) is 9.74. The van der Waals surface area contributed by atoms with Gasteiger partial charge in [-0.15, -0.1) is 0 Å². The number of benzene rings is 2. The number of nitrogens with one attached hydrogen (secondary N) is 2. The molecule has 2 aromatic rings. The lowest BCUT2D eigenvalue weighted by Gasteiger charge is -2.33. The van der Waals surface area contributed by atoms with Crippen LogP contribution in [0.4, 0.5) is 10.5 Å². The van der Waals surface area contributed by atoms with Crippen LogP contribution in [-0.4, -0.2) is 52.0 Å². The number of ether oxygens (including phenoxy) is 1. The summed E-state index contributed by atoms with van der Waals surface area (Å²) in [5, 5.41) is 24.8. The average molecular weight is 558 g/mol. The number of carbonyl (C=O) groups excluding carboxylic acids is 4. The predicted octanol–water partition coefficient (Wildman–Crippen LogP) is 3.54. The summed E-state index contributed by atoms with van der Waals surface area (Å²) in [6.45, 7) is 6.09. The molecule has 0 fully saturated rings. The number of amides is 4. The summed E-state index contributed by atoms with van der Waals surface area (Å²) >= 11 is 6.29. The first-order chi connectivity index (χ1) is 18.2. The maximum absolute atomic E-state index is 13.8.